The fourth-order valence-corrected chi connectivity index (χ4v) is 0. The Morgan fingerprint density at radius 2 is 1.57 bits per heavy atom. The number of carboxylic acid groups (broad SMARTS) is 1. The molecule has 1 N–H and O–H groups in total. The molecule has 0 rings (SSSR count). The van der Waals surface area contributed by atoms with E-state index < -0.39 is 22.2 Å². The zero-order valence-corrected chi connectivity index (χ0v) is 5.02. The molecular formula is C2H4O4V. The molecule has 0 atom stereocenters. The molecule has 0 aromatic heterocycles. The minimum absolute atomic E-state index is 0.833. The van der Waals surface area contributed by atoms with Crippen LogP contribution in [0.4, 0.5) is 0 Å². The van der Waals surface area contributed by atoms with Crippen molar-refractivity contribution in [3.05, 3.63) is 0 Å². The Bertz CT molecular complexity index is 77.7. The van der Waals surface area contributed by atoms with Crippen LogP contribution >= 0.6 is 0 Å². The van der Waals surface area contributed by atoms with Crippen LogP contribution < -0.4 is 0 Å². The second-order valence-electron chi connectivity index (χ2n) is 0.594. The fourth-order valence-electron chi connectivity index (χ4n) is 0. The van der Waals surface area contributed by atoms with Gasteiger partial charge in [0.25, 0.3) is 5.97 Å². The Labute approximate surface area is 47.1 Å². The van der Waals surface area contributed by atoms with E-state index in [1.165, 1.54) is 0 Å². The number of carbonyl (C=O) groups is 1. The molecule has 0 aliphatic rings. The van der Waals surface area contributed by atoms with Crippen molar-refractivity contribution in [3.63, 3.8) is 0 Å². The van der Waals surface area contributed by atoms with Gasteiger partial charge in [0.2, 0.25) is 0 Å². The monoisotopic (exact) mass is 143 g/mol. The van der Waals surface area contributed by atoms with Gasteiger partial charge in [-0.2, -0.15) is 0 Å². The summed E-state index contributed by atoms with van der Waals surface area (Å²) in [5.41, 5.74) is 0. The molecule has 0 heterocycles. The van der Waals surface area contributed by atoms with Crippen molar-refractivity contribution >= 4 is 5.97 Å². The first-order chi connectivity index (χ1) is 3.15. The summed E-state index contributed by atoms with van der Waals surface area (Å²) in [4.78, 5) is 9.00. The van der Waals surface area contributed by atoms with Crippen molar-refractivity contribution in [1.29, 1.82) is 0 Å². The molecule has 41 valence electrons. The first kappa shape index (κ1) is 9.82. The summed E-state index contributed by atoms with van der Waals surface area (Å²) in [6.07, 6.45) is 0. The van der Waals surface area contributed by atoms with E-state index in [-0.39, 0.29) is 0 Å². The van der Waals surface area contributed by atoms with E-state index >= 15 is 0 Å². The van der Waals surface area contributed by atoms with Gasteiger partial charge in [-0.1, -0.05) is 0 Å². The number of hydrogen-bond donors (Lipinski definition) is 1. The maximum atomic E-state index is 9.00. The molecule has 0 unspecified atom stereocenters. The number of hydrogen-bond acceptors (Lipinski definition) is 3. The topological polar surface area (TPSA) is 71.4 Å². The average Bonchev–Trinajstić information content (AvgIpc) is 1.33. The number of aliphatic carboxylic acids is 1. The molecule has 0 aliphatic carbocycles. The molecule has 0 bridgehead atoms. The van der Waals surface area contributed by atoms with Crippen LogP contribution in [0.3, 0.4) is 0 Å². The number of rotatable bonds is 0. The molecule has 0 saturated carbocycles. The summed E-state index contributed by atoms with van der Waals surface area (Å²) >= 11 is -1.81. The van der Waals surface area contributed by atoms with Crippen LogP contribution in [0.25, 0.3) is 0 Å². The van der Waals surface area contributed by atoms with Gasteiger partial charge in [-0.15, -0.1) is 0 Å². The summed E-state index contributed by atoms with van der Waals surface area (Å²) in [5.74, 6) is -0.833. The predicted octanol–water partition coefficient (Wildman–Crippen LogP) is -0.149. The Morgan fingerprint density at radius 1 is 1.57 bits per heavy atom. The van der Waals surface area contributed by atoms with E-state index in [2.05, 4.69) is 0 Å². The van der Waals surface area contributed by atoms with Gasteiger partial charge in [0, 0.05) is 6.92 Å². The Balaban J connectivity index is 0. The van der Waals surface area contributed by atoms with E-state index in [4.69, 9.17) is 17.2 Å². The Morgan fingerprint density at radius 3 is 1.57 bits per heavy atom. The number of carboxylic acids is 1. The van der Waals surface area contributed by atoms with Crippen molar-refractivity contribution in [2.24, 2.45) is 0 Å². The Hall–Kier alpha value is -0.346. The molecule has 0 aliphatic heterocycles. The van der Waals surface area contributed by atoms with Gasteiger partial charge < -0.3 is 5.11 Å². The molecule has 5 heteroatoms. The second-order valence-corrected chi connectivity index (χ2v) is 0.826. The normalized spacial score (nSPS) is 4.71. The Kier molecular flexibility index (Phi) is 12.9. The molecule has 0 saturated heterocycles. The SMILES string of the molecule is CC(=O)O.[O]=[V]=[O]. The van der Waals surface area contributed by atoms with Crippen molar-refractivity contribution in [2.75, 3.05) is 0 Å². The van der Waals surface area contributed by atoms with Crippen LogP contribution in [-0.2, 0) is 28.3 Å². The van der Waals surface area contributed by atoms with Crippen molar-refractivity contribution < 1.29 is 33.4 Å². The summed E-state index contributed by atoms with van der Waals surface area (Å²) in [6.45, 7) is 1.08. The van der Waals surface area contributed by atoms with Crippen LogP contribution in [0.2, 0.25) is 0 Å². The zero-order chi connectivity index (χ0) is 6.28. The van der Waals surface area contributed by atoms with E-state index in [1.54, 1.807) is 0 Å². The second kappa shape index (κ2) is 9.17. The van der Waals surface area contributed by atoms with Gasteiger partial charge in [-0.05, 0) is 0 Å². The first-order valence-corrected chi connectivity index (χ1v) is 2.43. The van der Waals surface area contributed by atoms with Gasteiger partial charge in [0.15, 0.2) is 0 Å². The van der Waals surface area contributed by atoms with Crippen LogP contribution in [0.1, 0.15) is 6.92 Å². The van der Waals surface area contributed by atoms with Crippen molar-refractivity contribution in [3.8, 4) is 0 Å². The van der Waals surface area contributed by atoms with Crippen LogP contribution in [0, 0.1) is 0 Å². The molecule has 0 radical (unpaired) electrons. The molecule has 7 heavy (non-hydrogen) atoms. The van der Waals surface area contributed by atoms with Gasteiger partial charge in [0.1, 0.15) is 0 Å². The van der Waals surface area contributed by atoms with Gasteiger partial charge in [-0.3, -0.25) is 4.79 Å². The summed E-state index contributed by atoms with van der Waals surface area (Å²) in [7, 11) is 0. The standard InChI is InChI=1S/C2H4O2.2O.V/c1-2(3)4;;;/h1H3,(H,3,4);;;. The summed E-state index contributed by atoms with van der Waals surface area (Å²) in [5, 5.41) is 7.42. The van der Waals surface area contributed by atoms with E-state index in [0.717, 1.165) is 6.92 Å². The third kappa shape index (κ3) is 632. The van der Waals surface area contributed by atoms with Gasteiger partial charge in [0.05, 0.1) is 0 Å². The summed E-state index contributed by atoms with van der Waals surface area (Å²) < 4.78 is 16.9. The first-order valence-electron chi connectivity index (χ1n) is 1.29. The van der Waals surface area contributed by atoms with E-state index in [0.29, 0.717) is 0 Å². The van der Waals surface area contributed by atoms with Crippen LogP contribution in [-0.4, -0.2) is 11.1 Å². The maximum absolute atomic E-state index is 9.00. The van der Waals surface area contributed by atoms with E-state index in [1.807, 2.05) is 0 Å². The summed E-state index contributed by atoms with van der Waals surface area (Å²) in [6, 6.07) is 0. The van der Waals surface area contributed by atoms with Gasteiger partial charge in [-0.25, -0.2) is 0 Å². The van der Waals surface area contributed by atoms with E-state index in [9.17, 15) is 0 Å². The molecular weight excluding hydrogens is 139 g/mol. The van der Waals surface area contributed by atoms with Crippen molar-refractivity contribution in [2.45, 2.75) is 6.92 Å². The van der Waals surface area contributed by atoms with Crippen LogP contribution in [0.5, 0.6) is 0 Å². The molecule has 0 aromatic carbocycles. The molecule has 0 aromatic rings. The molecule has 0 amide bonds. The minimum atomic E-state index is -1.81. The van der Waals surface area contributed by atoms with Crippen LogP contribution in [0.15, 0.2) is 0 Å². The quantitative estimate of drug-likeness (QED) is 0.511. The average molecular weight is 143 g/mol. The van der Waals surface area contributed by atoms with Gasteiger partial charge >= 0.3 is 23.5 Å². The zero-order valence-electron chi connectivity index (χ0n) is 3.62. The predicted molar refractivity (Wildman–Crippen MR) is 14.7 cm³/mol. The van der Waals surface area contributed by atoms with Crippen molar-refractivity contribution in [1.82, 2.24) is 0 Å². The molecule has 0 fully saturated rings. The fraction of sp³-hybridized carbons (Fsp3) is 0.500. The molecule has 0 spiro atoms. The third-order valence-corrected chi connectivity index (χ3v) is 0. The molecule has 4 nitrogen and oxygen atoms in total. The third-order valence-electron chi connectivity index (χ3n) is 0.